The lowest BCUT2D eigenvalue weighted by molar-refractivity contribution is -0.384. The summed E-state index contributed by atoms with van der Waals surface area (Å²) < 4.78 is 6.73. The van der Waals surface area contributed by atoms with Crippen molar-refractivity contribution in [3.05, 3.63) is 69.3 Å². The molecule has 0 aliphatic rings. The number of non-ortho nitro benzene ring substituents is 1. The molecule has 0 aliphatic heterocycles. The third-order valence-electron chi connectivity index (χ3n) is 4.31. The van der Waals surface area contributed by atoms with Crippen LogP contribution in [0.25, 0.3) is 21.3 Å². The second kappa shape index (κ2) is 7.79. The Labute approximate surface area is 172 Å². The van der Waals surface area contributed by atoms with Gasteiger partial charge in [-0.2, -0.15) is 4.99 Å². The number of esters is 1. The normalized spacial score (nSPS) is 11.7. The molecule has 0 bridgehead atoms. The van der Waals surface area contributed by atoms with Crippen LogP contribution in [0, 0.1) is 10.1 Å². The van der Waals surface area contributed by atoms with Crippen LogP contribution >= 0.6 is 11.3 Å². The molecule has 4 rings (SSSR count). The minimum absolute atomic E-state index is 0.0973. The van der Waals surface area contributed by atoms with Crippen molar-refractivity contribution in [1.29, 1.82) is 0 Å². The fraction of sp³-hybridized carbons (Fsp3) is 0.105. The number of rotatable bonds is 4. The number of thiazole rings is 1. The van der Waals surface area contributed by atoms with Crippen LogP contribution in [0.2, 0.25) is 0 Å². The topological polar surface area (TPSA) is 130 Å². The smallest absolute Gasteiger partial charge is 0.325 e. The molecule has 0 fully saturated rings. The lowest BCUT2D eigenvalue weighted by atomic mass is 10.2. The number of nitrogens with zero attached hydrogens (tertiary/aromatic N) is 5. The molecule has 150 valence electrons. The summed E-state index contributed by atoms with van der Waals surface area (Å²) in [5.74, 6) is -1.08. The van der Waals surface area contributed by atoms with Crippen molar-refractivity contribution in [3.8, 4) is 0 Å². The SMILES string of the molecule is COC(=O)Cn1c(=NC(=O)c2ccc3nccnc3c2)sc2cc([N+](=O)[O-])ccc21. The van der Waals surface area contributed by atoms with Crippen LogP contribution in [0.5, 0.6) is 0 Å². The minimum Gasteiger partial charge on any atom is -0.468 e. The average Bonchev–Trinajstić information content (AvgIpc) is 3.09. The Kier molecular flexibility index (Phi) is 5.02. The first kappa shape index (κ1) is 19.3. The van der Waals surface area contributed by atoms with Crippen molar-refractivity contribution in [3.63, 3.8) is 0 Å². The predicted molar refractivity (Wildman–Crippen MR) is 108 cm³/mol. The van der Waals surface area contributed by atoms with Crippen LogP contribution in [0.3, 0.4) is 0 Å². The maximum atomic E-state index is 12.8. The zero-order valence-corrected chi connectivity index (χ0v) is 16.3. The van der Waals surface area contributed by atoms with Crippen molar-refractivity contribution in [2.45, 2.75) is 6.54 Å². The van der Waals surface area contributed by atoms with Gasteiger partial charge in [-0.05, 0) is 24.3 Å². The second-order valence-electron chi connectivity index (χ2n) is 6.13. The van der Waals surface area contributed by atoms with Gasteiger partial charge in [0.15, 0.2) is 4.80 Å². The van der Waals surface area contributed by atoms with Crippen molar-refractivity contribution in [2.75, 3.05) is 7.11 Å². The van der Waals surface area contributed by atoms with Crippen LogP contribution in [-0.2, 0) is 16.1 Å². The maximum Gasteiger partial charge on any atom is 0.325 e. The summed E-state index contributed by atoms with van der Waals surface area (Å²) in [4.78, 5) is 47.9. The number of amides is 1. The molecule has 0 saturated carbocycles. The van der Waals surface area contributed by atoms with Crippen LogP contribution in [0.1, 0.15) is 10.4 Å². The van der Waals surface area contributed by atoms with E-state index < -0.39 is 16.8 Å². The zero-order chi connectivity index (χ0) is 21.3. The van der Waals surface area contributed by atoms with Gasteiger partial charge in [-0.15, -0.1) is 0 Å². The Morgan fingerprint density at radius 2 is 1.93 bits per heavy atom. The number of hydrogen-bond donors (Lipinski definition) is 0. The van der Waals surface area contributed by atoms with E-state index in [0.717, 1.165) is 11.3 Å². The summed E-state index contributed by atoms with van der Waals surface area (Å²) >= 11 is 1.07. The number of methoxy groups -OCH3 is 1. The summed E-state index contributed by atoms with van der Waals surface area (Å²) in [5.41, 5.74) is 1.93. The van der Waals surface area contributed by atoms with Gasteiger partial charge in [-0.3, -0.25) is 29.7 Å². The van der Waals surface area contributed by atoms with Crippen molar-refractivity contribution >= 4 is 50.2 Å². The Bertz CT molecular complexity index is 1390. The number of benzene rings is 2. The third-order valence-corrected chi connectivity index (χ3v) is 5.35. The van der Waals surface area contributed by atoms with Gasteiger partial charge in [0, 0.05) is 30.1 Å². The van der Waals surface area contributed by atoms with Gasteiger partial charge in [-0.25, -0.2) is 0 Å². The fourth-order valence-electron chi connectivity index (χ4n) is 2.85. The number of nitro groups is 1. The summed E-state index contributed by atoms with van der Waals surface area (Å²) in [6.45, 7) is -0.191. The summed E-state index contributed by atoms with van der Waals surface area (Å²) in [6.07, 6.45) is 3.08. The van der Waals surface area contributed by atoms with Crippen molar-refractivity contribution < 1.29 is 19.2 Å². The van der Waals surface area contributed by atoms with E-state index in [1.807, 2.05) is 0 Å². The molecule has 0 radical (unpaired) electrons. The highest BCUT2D eigenvalue weighted by molar-refractivity contribution is 7.16. The van der Waals surface area contributed by atoms with Crippen LogP contribution in [0.15, 0.2) is 53.8 Å². The first-order valence-corrected chi connectivity index (χ1v) is 9.42. The Morgan fingerprint density at radius 3 is 2.67 bits per heavy atom. The monoisotopic (exact) mass is 423 g/mol. The number of fused-ring (bicyclic) bond motifs is 2. The quantitative estimate of drug-likeness (QED) is 0.280. The van der Waals surface area contributed by atoms with Gasteiger partial charge in [0.25, 0.3) is 11.6 Å². The molecule has 4 aromatic rings. The fourth-order valence-corrected chi connectivity index (χ4v) is 3.92. The first-order valence-electron chi connectivity index (χ1n) is 8.60. The molecule has 0 spiro atoms. The van der Waals surface area contributed by atoms with E-state index in [0.29, 0.717) is 26.8 Å². The molecule has 2 heterocycles. The summed E-state index contributed by atoms with van der Waals surface area (Å²) in [5, 5.41) is 11.1. The molecule has 10 nitrogen and oxygen atoms in total. The van der Waals surface area contributed by atoms with E-state index in [-0.39, 0.29) is 17.0 Å². The molecule has 11 heteroatoms. The summed E-state index contributed by atoms with van der Waals surface area (Å²) in [6, 6.07) is 9.06. The molecule has 0 saturated heterocycles. The highest BCUT2D eigenvalue weighted by Gasteiger charge is 2.15. The van der Waals surface area contributed by atoms with Crippen molar-refractivity contribution in [2.24, 2.45) is 4.99 Å². The molecular formula is C19H13N5O5S. The minimum atomic E-state index is -0.540. The highest BCUT2D eigenvalue weighted by Crippen LogP contribution is 2.23. The standard InChI is InChI=1S/C19H13N5O5S/c1-29-17(25)10-23-15-5-3-12(24(27)28)9-16(15)30-19(23)22-18(26)11-2-4-13-14(8-11)21-7-6-20-13/h2-9H,10H2,1H3. The molecule has 0 N–H and O–H groups in total. The molecule has 0 aliphatic carbocycles. The molecule has 2 aromatic heterocycles. The second-order valence-corrected chi connectivity index (χ2v) is 7.14. The van der Waals surface area contributed by atoms with Crippen LogP contribution in [-0.4, -0.2) is 38.4 Å². The van der Waals surface area contributed by atoms with E-state index in [9.17, 15) is 19.7 Å². The molecule has 1 amide bonds. The van der Waals surface area contributed by atoms with Crippen LogP contribution in [0.4, 0.5) is 5.69 Å². The van der Waals surface area contributed by atoms with Crippen molar-refractivity contribution in [1.82, 2.24) is 14.5 Å². The number of ether oxygens (including phenoxy) is 1. The molecule has 2 aromatic carbocycles. The Hall–Kier alpha value is -3.99. The molecule has 0 unspecified atom stereocenters. The van der Waals surface area contributed by atoms with E-state index in [2.05, 4.69) is 15.0 Å². The first-order chi connectivity index (χ1) is 14.5. The average molecular weight is 423 g/mol. The number of nitro benzene ring substituents is 1. The molecule has 30 heavy (non-hydrogen) atoms. The van der Waals surface area contributed by atoms with Crippen LogP contribution < -0.4 is 4.80 Å². The Balaban J connectivity index is 1.84. The molecular weight excluding hydrogens is 410 g/mol. The van der Waals surface area contributed by atoms with Gasteiger partial charge in [-0.1, -0.05) is 11.3 Å². The van der Waals surface area contributed by atoms with Gasteiger partial charge < -0.3 is 9.30 Å². The number of carbonyl (C=O) groups excluding carboxylic acids is 2. The van der Waals surface area contributed by atoms with E-state index >= 15 is 0 Å². The third kappa shape index (κ3) is 3.65. The summed E-state index contributed by atoms with van der Waals surface area (Å²) in [7, 11) is 1.25. The lowest BCUT2D eigenvalue weighted by Gasteiger charge is -2.03. The van der Waals surface area contributed by atoms with E-state index in [1.165, 1.54) is 36.1 Å². The zero-order valence-electron chi connectivity index (χ0n) is 15.5. The number of hydrogen-bond acceptors (Lipinski definition) is 8. The van der Waals surface area contributed by atoms with Gasteiger partial charge >= 0.3 is 5.97 Å². The highest BCUT2D eigenvalue weighted by atomic mass is 32.1. The predicted octanol–water partition coefficient (Wildman–Crippen LogP) is 2.47. The maximum absolute atomic E-state index is 12.8. The van der Waals surface area contributed by atoms with Gasteiger partial charge in [0.1, 0.15) is 6.54 Å². The lowest BCUT2D eigenvalue weighted by Crippen LogP contribution is -2.22. The van der Waals surface area contributed by atoms with E-state index in [1.54, 1.807) is 24.4 Å². The molecule has 0 atom stereocenters. The number of aromatic nitrogens is 3. The Morgan fingerprint density at radius 1 is 1.17 bits per heavy atom. The van der Waals surface area contributed by atoms with E-state index in [4.69, 9.17) is 4.74 Å². The van der Waals surface area contributed by atoms with Gasteiger partial charge in [0.2, 0.25) is 0 Å². The number of carbonyl (C=O) groups is 2. The largest absolute Gasteiger partial charge is 0.468 e. The van der Waals surface area contributed by atoms with Gasteiger partial charge in [0.05, 0.1) is 33.3 Å².